The number of hydrogen-bond donors (Lipinski definition) is 1. The second kappa shape index (κ2) is 9.59. The number of carbonyl (C=O) groups is 2. The number of aryl methyl sites for hydroxylation is 1. The third-order valence-electron chi connectivity index (χ3n) is 4.52. The molecule has 0 aliphatic heterocycles. The first kappa shape index (κ1) is 26.4. The molecule has 0 bridgehead atoms. The SMILES string of the molecule is CCC(NC(=O)OC(C)(C)C)c1c(C(=O)OC(C)(C)C)ccn1S(=O)(=O)c1ccc(C)cc1. The zero-order chi connectivity index (χ0) is 25.2. The van der Waals surface area contributed by atoms with Crippen molar-refractivity contribution >= 4 is 22.1 Å². The molecule has 8 nitrogen and oxygen atoms in total. The van der Waals surface area contributed by atoms with Gasteiger partial charge in [-0.3, -0.25) is 0 Å². The van der Waals surface area contributed by atoms with E-state index in [0.29, 0.717) is 6.42 Å². The molecule has 0 aliphatic carbocycles. The Bertz CT molecular complexity index is 1100. The van der Waals surface area contributed by atoms with E-state index in [1.165, 1.54) is 24.4 Å². The van der Waals surface area contributed by atoms with Crippen LogP contribution in [0.3, 0.4) is 0 Å². The quantitative estimate of drug-likeness (QED) is 0.588. The van der Waals surface area contributed by atoms with Crippen LogP contribution in [-0.2, 0) is 19.5 Å². The molecule has 1 aromatic heterocycles. The van der Waals surface area contributed by atoms with Crippen molar-refractivity contribution in [3.8, 4) is 0 Å². The van der Waals surface area contributed by atoms with Gasteiger partial charge in [0.2, 0.25) is 0 Å². The molecule has 0 spiro atoms. The molecule has 1 atom stereocenters. The van der Waals surface area contributed by atoms with Gasteiger partial charge in [0.1, 0.15) is 11.2 Å². The number of esters is 1. The summed E-state index contributed by atoms with van der Waals surface area (Å²) in [4.78, 5) is 25.5. The molecule has 2 aromatic rings. The maximum atomic E-state index is 13.5. The van der Waals surface area contributed by atoms with Crippen LogP contribution in [0.2, 0.25) is 0 Å². The molecule has 1 heterocycles. The number of benzene rings is 1. The van der Waals surface area contributed by atoms with Crippen LogP contribution in [0.5, 0.6) is 0 Å². The summed E-state index contributed by atoms with van der Waals surface area (Å²) in [6.07, 6.45) is 0.899. The Morgan fingerprint density at radius 1 is 0.970 bits per heavy atom. The van der Waals surface area contributed by atoms with Gasteiger partial charge in [0, 0.05) is 6.20 Å². The second-order valence-corrected chi connectivity index (χ2v) is 11.7. The van der Waals surface area contributed by atoms with E-state index in [9.17, 15) is 18.0 Å². The number of nitrogens with zero attached hydrogens (tertiary/aromatic N) is 1. The van der Waals surface area contributed by atoms with Gasteiger partial charge < -0.3 is 14.8 Å². The van der Waals surface area contributed by atoms with Gasteiger partial charge in [-0.05, 0) is 73.1 Å². The largest absolute Gasteiger partial charge is 0.456 e. The van der Waals surface area contributed by atoms with E-state index in [4.69, 9.17) is 9.47 Å². The second-order valence-electron chi connectivity index (χ2n) is 9.84. The Balaban J connectivity index is 2.62. The number of amides is 1. The van der Waals surface area contributed by atoms with Gasteiger partial charge in [0.05, 0.1) is 22.2 Å². The van der Waals surface area contributed by atoms with Crippen LogP contribution in [0, 0.1) is 6.92 Å². The summed E-state index contributed by atoms with van der Waals surface area (Å²) in [5.74, 6) is -0.681. The summed E-state index contributed by atoms with van der Waals surface area (Å²) >= 11 is 0. The lowest BCUT2D eigenvalue weighted by molar-refractivity contribution is 0.00661. The minimum atomic E-state index is -4.05. The third kappa shape index (κ3) is 6.83. The molecule has 0 aliphatic rings. The summed E-state index contributed by atoms with van der Waals surface area (Å²) in [6, 6.07) is 6.97. The first-order valence-electron chi connectivity index (χ1n) is 10.8. The maximum Gasteiger partial charge on any atom is 0.408 e. The van der Waals surface area contributed by atoms with Gasteiger partial charge in [-0.15, -0.1) is 0 Å². The molecule has 182 valence electrons. The standard InChI is InChI=1S/C24H34N2O6S/c1-9-19(25-22(28)32-24(6,7)8)20-18(21(27)31-23(3,4)5)14-15-26(20)33(29,30)17-12-10-16(2)11-13-17/h10-15,19H,9H2,1-8H3,(H,25,28). The Kier molecular flexibility index (Phi) is 7.68. The Morgan fingerprint density at radius 3 is 2.00 bits per heavy atom. The molecule has 9 heteroatoms. The highest BCUT2D eigenvalue weighted by molar-refractivity contribution is 7.90. The van der Waals surface area contributed by atoms with Crippen LogP contribution in [-0.4, -0.2) is 35.7 Å². The molecule has 0 radical (unpaired) electrons. The Morgan fingerprint density at radius 2 is 1.52 bits per heavy atom. The van der Waals surface area contributed by atoms with Crippen LogP contribution in [0.4, 0.5) is 4.79 Å². The van der Waals surface area contributed by atoms with Crippen LogP contribution in [0.15, 0.2) is 41.4 Å². The van der Waals surface area contributed by atoms with E-state index in [0.717, 1.165) is 9.54 Å². The number of nitrogens with one attached hydrogen (secondary N) is 1. The van der Waals surface area contributed by atoms with Gasteiger partial charge in [-0.25, -0.2) is 22.0 Å². The van der Waals surface area contributed by atoms with Gasteiger partial charge in [0.25, 0.3) is 10.0 Å². The molecule has 0 saturated heterocycles. The molecule has 0 saturated carbocycles. The van der Waals surface area contributed by atoms with Crippen molar-refractivity contribution in [3.63, 3.8) is 0 Å². The molecular formula is C24H34N2O6S. The molecule has 1 aromatic carbocycles. The van der Waals surface area contributed by atoms with E-state index in [1.807, 2.05) is 6.92 Å². The van der Waals surface area contributed by atoms with E-state index >= 15 is 0 Å². The third-order valence-corrected chi connectivity index (χ3v) is 6.22. The van der Waals surface area contributed by atoms with E-state index < -0.39 is 39.3 Å². The highest BCUT2D eigenvalue weighted by Gasteiger charge is 2.32. The number of carbonyl (C=O) groups excluding carboxylic acids is 2. The monoisotopic (exact) mass is 478 g/mol. The fourth-order valence-electron chi connectivity index (χ4n) is 3.12. The fourth-order valence-corrected chi connectivity index (χ4v) is 4.53. The average Bonchev–Trinajstić information content (AvgIpc) is 3.09. The van der Waals surface area contributed by atoms with Crippen LogP contribution < -0.4 is 5.32 Å². The first-order chi connectivity index (χ1) is 15.0. The van der Waals surface area contributed by atoms with E-state index in [-0.39, 0.29) is 16.2 Å². The highest BCUT2D eigenvalue weighted by atomic mass is 32.2. The molecule has 2 rings (SSSR count). The Labute approximate surface area is 196 Å². The number of ether oxygens (including phenoxy) is 2. The number of hydrogen-bond acceptors (Lipinski definition) is 6. The molecule has 0 fully saturated rings. The van der Waals surface area contributed by atoms with Crippen LogP contribution >= 0.6 is 0 Å². The highest BCUT2D eigenvalue weighted by Crippen LogP contribution is 2.29. The van der Waals surface area contributed by atoms with Gasteiger partial charge in [0.15, 0.2) is 0 Å². The van der Waals surface area contributed by atoms with Crippen molar-refractivity contribution in [1.29, 1.82) is 0 Å². The maximum absolute atomic E-state index is 13.5. The number of alkyl carbamates (subject to hydrolysis) is 1. The predicted octanol–water partition coefficient (Wildman–Crippen LogP) is 4.96. The predicted molar refractivity (Wildman–Crippen MR) is 126 cm³/mol. The number of rotatable bonds is 6. The first-order valence-corrected chi connectivity index (χ1v) is 12.3. The van der Waals surface area contributed by atoms with Crippen LogP contribution in [0.25, 0.3) is 0 Å². The van der Waals surface area contributed by atoms with Crippen molar-refractivity contribution in [2.24, 2.45) is 0 Å². The summed E-state index contributed by atoms with van der Waals surface area (Å²) in [5, 5.41) is 2.70. The van der Waals surface area contributed by atoms with Gasteiger partial charge in [-0.1, -0.05) is 24.6 Å². The topological polar surface area (TPSA) is 104 Å². The minimum Gasteiger partial charge on any atom is -0.456 e. The Hall–Kier alpha value is -2.81. The van der Waals surface area contributed by atoms with Gasteiger partial charge in [-0.2, -0.15) is 0 Å². The smallest absolute Gasteiger partial charge is 0.408 e. The van der Waals surface area contributed by atoms with Crippen molar-refractivity contribution in [2.45, 2.75) is 84.0 Å². The van der Waals surface area contributed by atoms with Crippen LogP contribution in [0.1, 0.15) is 82.5 Å². The molecule has 1 N–H and O–H groups in total. The van der Waals surface area contributed by atoms with Gasteiger partial charge >= 0.3 is 12.1 Å². The average molecular weight is 479 g/mol. The van der Waals surface area contributed by atoms with Crippen molar-refractivity contribution < 1.29 is 27.5 Å². The zero-order valence-corrected chi connectivity index (χ0v) is 21.4. The lowest BCUT2D eigenvalue weighted by Crippen LogP contribution is -2.37. The van der Waals surface area contributed by atoms with Crippen molar-refractivity contribution in [2.75, 3.05) is 0 Å². The van der Waals surface area contributed by atoms with Crippen molar-refractivity contribution in [3.05, 3.63) is 53.3 Å². The summed E-state index contributed by atoms with van der Waals surface area (Å²) in [7, 11) is -4.05. The summed E-state index contributed by atoms with van der Waals surface area (Å²) in [5.41, 5.74) is -0.449. The van der Waals surface area contributed by atoms with E-state index in [2.05, 4.69) is 5.32 Å². The minimum absolute atomic E-state index is 0.0588. The van der Waals surface area contributed by atoms with Crippen molar-refractivity contribution in [1.82, 2.24) is 9.29 Å². The summed E-state index contributed by atoms with van der Waals surface area (Å²) in [6.45, 7) is 14.0. The molecule has 1 amide bonds. The molecule has 33 heavy (non-hydrogen) atoms. The molecular weight excluding hydrogens is 444 g/mol. The lowest BCUT2D eigenvalue weighted by atomic mass is 10.1. The lowest BCUT2D eigenvalue weighted by Gasteiger charge is -2.25. The molecule has 1 unspecified atom stereocenters. The normalized spacial score (nSPS) is 13.3. The number of aromatic nitrogens is 1. The zero-order valence-electron chi connectivity index (χ0n) is 20.6. The fraction of sp³-hybridized carbons (Fsp3) is 0.500. The van der Waals surface area contributed by atoms with E-state index in [1.54, 1.807) is 60.6 Å². The summed E-state index contributed by atoms with van der Waals surface area (Å²) < 4.78 is 38.9.